The van der Waals surface area contributed by atoms with E-state index in [9.17, 15) is 18.5 Å². The fourth-order valence-electron chi connectivity index (χ4n) is 6.02. The van der Waals surface area contributed by atoms with Crippen LogP contribution in [0.4, 0.5) is 20.6 Å². The van der Waals surface area contributed by atoms with Crippen molar-refractivity contribution in [3.8, 4) is 0 Å². The average Bonchev–Trinajstić information content (AvgIpc) is 3.43. The number of para-hydroxylation sites is 1. The molecule has 3 N–H and O–H groups in total. The summed E-state index contributed by atoms with van der Waals surface area (Å²) in [6.45, 7) is 6.51. The minimum absolute atomic E-state index is 0.273. The number of nitrogens with one attached hydrogen (secondary N) is 3. The summed E-state index contributed by atoms with van der Waals surface area (Å²) in [7, 11) is 3.92. The largest absolute Gasteiger partial charge is 0.612 e. The first-order valence-corrected chi connectivity index (χ1v) is 16.6. The second-order valence-electron chi connectivity index (χ2n) is 11.9. The van der Waals surface area contributed by atoms with Gasteiger partial charge in [0.2, 0.25) is 5.91 Å². The maximum Gasteiger partial charge on any atom is 0.318 e. The van der Waals surface area contributed by atoms with E-state index >= 15 is 0 Å². The standard InChI is InChI=1S/C34H41FN6O3S/c1-22-18-25(35)11-12-30(22)40-14-16-41(17-15-40)34(43)38-32(23(2)27-20-36-28-9-7-6-8-26(27)28)33(42)37-29-19-24(21-39(3)4)10-13-31(29)45(5)44/h6-13,18-20,23,32,36H,14-17,21H2,1-5H3,(H,37,42)(H,38,43)/t23-,32-,45?/m1/s1. The molecule has 0 aliphatic carbocycles. The number of anilines is 2. The Kier molecular flexibility index (Phi) is 10.0. The molecule has 0 radical (unpaired) electrons. The number of carbonyl (C=O) groups excluding carboxylic acids is 2. The molecule has 238 valence electrons. The van der Waals surface area contributed by atoms with E-state index in [4.69, 9.17) is 0 Å². The van der Waals surface area contributed by atoms with Gasteiger partial charge in [0.15, 0.2) is 4.90 Å². The van der Waals surface area contributed by atoms with Gasteiger partial charge in [-0.25, -0.2) is 9.18 Å². The highest BCUT2D eigenvalue weighted by atomic mass is 32.2. The molecule has 4 aromatic rings. The molecule has 9 nitrogen and oxygen atoms in total. The second kappa shape index (κ2) is 13.9. The van der Waals surface area contributed by atoms with Crippen molar-refractivity contribution in [3.05, 3.63) is 89.4 Å². The number of hydrogen-bond acceptors (Lipinski definition) is 5. The Morgan fingerprint density at radius 2 is 1.80 bits per heavy atom. The first kappa shape index (κ1) is 32.3. The van der Waals surface area contributed by atoms with Gasteiger partial charge in [-0.2, -0.15) is 0 Å². The number of benzene rings is 3. The number of amides is 3. The van der Waals surface area contributed by atoms with Gasteiger partial charge in [-0.05, 0) is 85.3 Å². The summed E-state index contributed by atoms with van der Waals surface area (Å²) >= 11 is -1.34. The molecule has 11 heteroatoms. The van der Waals surface area contributed by atoms with E-state index in [1.165, 1.54) is 12.1 Å². The number of rotatable bonds is 9. The monoisotopic (exact) mass is 632 g/mol. The molecule has 3 atom stereocenters. The normalized spacial score (nSPS) is 15.6. The van der Waals surface area contributed by atoms with Crippen LogP contribution >= 0.6 is 0 Å². The Hall–Kier alpha value is -4.06. The number of urea groups is 1. The van der Waals surface area contributed by atoms with Crippen molar-refractivity contribution in [2.45, 2.75) is 37.2 Å². The van der Waals surface area contributed by atoms with Crippen LogP contribution in [0.3, 0.4) is 0 Å². The van der Waals surface area contributed by atoms with Gasteiger partial charge < -0.3 is 34.9 Å². The first-order valence-electron chi connectivity index (χ1n) is 15.1. The van der Waals surface area contributed by atoms with Gasteiger partial charge in [0.25, 0.3) is 0 Å². The Labute approximate surface area is 267 Å². The van der Waals surface area contributed by atoms with Crippen LogP contribution in [0.25, 0.3) is 10.9 Å². The molecule has 5 rings (SSSR count). The zero-order valence-corrected chi connectivity index (χ0v) is 27.2. The minimum Gasteiger partial charge on any atom is -0.612 e. The number of nitrogens with zero attached hydrogens (tertiary/aromatic N) is 3. The van der Waals surface area contributed by atoms with Crippen molar-refractivity contribution in [2.24, 2.45) is 0 Å². The summed E-state index contributed by atoms with van der Waals surface area (Å²) in [6, 6.07) is 16.9. The van der Waals surface area contributed by atoms with Gasteiger partial charge >= 0.3 is 6.03 Å². The van der Waals surface area contributed by atoms with Gasteiger partial charge in [-0.3, -0.25) is 4.79 Å². The van der Waals surface area contributed by atoms with Gasteiger partial charge in [-0.1, -0.05) is 31.2 Å². The number of piperazine rings is 1. The van der Waals surface area contributed by atoms with Crippen molar-refractivity contribution < 1.29 is 18.5 Å². The third kappa shape index (κ3) is 7.43. The smallest absolute Gasteiger partial charge is 0.318 e. The number of fused-ring (bicyclic) bond motifs is 1. The fraction of sp³-hybridized carbons (Fsp3) is 0.353. The molecule has 1 aliphatic rings. The highest BCUT2D eigenvalue weighted by Gasteiger charge is 2.33. The molecule has 1 fully saturated rings. The van der Waals surface area contributed by atoms with Crippen molar-refractivity contribution in [2.75, 3.05) is 56.7 Å². The third-order valence-corrected chi connectivity index (χ3v) is 9.33. The number of aryl methyl sites for hydroxylation is 1. The average molecular weight is 633 g/mol. The topological polar surface area (TPSA) is 107 Å². The van der Waals surface area contributed by atoms with Crippen molar-refractivity contribution in [1.82, 2.24) is 20.1 Å². The Morgan fingerprint density at radius 1 is 1.07 bits per heavy atom. The predicted molar refractivity (Wildman–Crippen MR) is 179 cm³/mol. The lowest BCUT2D eigenvalue weighted by atomic mass is 9.92. The summed E-state index contributed by atoms with van der Waals surface area (Å²) in [5.74, 6) is -1.06. The van der Waals surface area contributed by atoms with Crippen LogP contribution in [-0.2, 0) is 22.5 Å². The van der Waals surface area contributed by atoms with Gasteiger partial charge in [0.05, 0.1) is 5.69 Å². The molecule has 3 aromatic carbocycles. The van der Waals surface area contributed by atoms with Crippen molar-refractivity contribution in [3.63, 3.8) is 0 Å². The first-order chi connectivity index (χ1) is 21.5. The lowest BCUT2D eigenvalue weighted by molar-refractivity contribution is -0.118. The van der Waals surface area contributed by atoms with E-state index in [1.54, 1.807) is 23.3 Å². The molecule has 1 aliphatic heterocycles. The molecule has 1 aromatic heterocycles. The summed E-state index contributed by atoms with van der Waals surface area (Å²) in [6.07, 6.45) is 3.47. The SMILES string of the molecule is Cc1cc(F)ccc1N1CCN(C(=O)N[C@@H](C(=O)Nc2cc(CN(C)C)ccc2[S+](C)[O-])[C@H](C)c2c[nH]c3ccccc23)CC1. The molecule has 1 unspecified atom stereocenters. The van der Waals surface area contributed by atoms with Gasteiger partial charge in [0.1, 0.15) is 18.1 Å². The highest BCUT2D eigenvalue weighted by molar-refractivity contribution is 7.90. The molecular formula is C34H41FN6O3S. The quantitative estimate of drug-likeness (QED) is 0.224. The molecule has 0 spiro atoms. The van der Waals surface area contributed by atoms with Crippen molar-refractivity contribution in [1.29, 1.82) is 0 Å². The minimum atomic E-state index is -1.34. The maximum atomic E-state index is 14.1. The van der Waals surface area contributed by atoms with Crippen LogP contribution in [-0.4, -0.2) is 83.8 Å². The molecule has 45 heavy (non-hydrogen) atoms. The summed E-state index contributed by atoms with van der Waals surface area (Å²) in [5.41, 5.74) is 5.07. The van der Waals surface area contributed by atoms with Gasteiger partial charge in [-0.15, -0.1) is 0 Å². The second-order valence-corrected chi connectivity index (χ2v) is 13.3. The van der Waals surface area contributed by atoms with Crippen LogP contribution in [0.5, 0.6) is 0 Å². The number of hydrogen-bond donors (Lipinski definition) is 3. The Morgan fingerprint density at radius 3 is 2.49 bits per heavy atom. The van der Waals surface area contributed by atoms with E-state index in [0.29, 0.717) is 43.3 Å². The zero-order valence-electron chi connectivity index (χ0n) is 26.4. The molecule has 3 amide bonds. The van der Waals surface area contributed by atoms with Gasteiger partial charge in [0, 0.05) is 61.4 Å². The third-order valence-electron chi connectivity index (χ3n) is 8.35. The molecule has 2 heterocycles. The molecule has 0 saturated carbocycles. The van der Waals surface area contributed by atoms with Crippen LogP contribution in [0, 0.1) is 12.7 Å². The molecule has 0 bridgehead atoms. The van der Waals surface area contributed by atoms with E-state index in [0.717, 1.165) is 33.3 Å². The number of aromatic nitrogens is 1. The summed E-state index contributed by atoms with van der Waals surface area (Å²) in [4.78, 5) is 37.5. The number of halogens is 1. The molecule has 1 saturated heterocycles. The lowest BCUT2D eigenvalue weighted by Crippen LogP contribution is -2.56. The lowest BCUT2D eigenvalue weighted by Gasteiger charge is -2.37. The van der Waals surface area contributed by atoms with E-state index < -0.39 is 29.0 Å². The van der Waals surface area contributed by atoms with E-state index in [-0.39, 0.29) is 11.8 Å². The number of carbonyl (C=O) groups is 2. The van der Waals surface area contributed by atoms with Crippen LogP contribution in [0.1, 0.15) is 29.5 Å². The Balaban J connectivity index is 1.38. The maximum absolute atomic E-state index is 14.1. The highest BCUT2D eigenvalue weighted by Crippen LogP contribution is 2.30. The van der Waals surface area contributed by atoms with Crippen LogP contribution in [0.2, 0.25) is 0 Å². The number of aromatic amines is 1. The van der Waals surface area contributed by atoms with E-state index in [2.05, 4.69) is 20.5 Å². The number of H-pyrrole nitrogens is 1. The Bertz CT molecular complexity index is 1670. The van der Waals surface area contributed by atoms with Crippen molar-refractivity contribution >= 4 is 45.4 Å². The molecular weight excluding hydrogens is 591 g/mol. The zero-order chi connectivity index (χ0) is 32.2. The van der Waals surface area contributed by atoms with E-state index in [1.807, 2.05) is 75.4 Å². The summed E-state index contributed by atoms with van der Waals surface area (Å²) in [5, 5.41) is 7.02. The van der Waals surface area contributed by atoms with Crippen LogP contribution in [0.15, 0.2) is 71.8 Å². The fourth-order valence-corrected chi connectivity index (χ4v) is 6.70. The summed E-state index contributed by atoms with van der Waals surface area (Å²) < 4.78 is 26.3. The predicted octanol–water partition coefficient (Wildman–Crippen LogP) is 5.06. The van der Waals surface area contributed by atoms with Crippen LogP contribution < -0.4 is 15.5 Å².